The Hall–Kier alpha value is -2.01. The zero-order valence-electron chi connectivity index (χ0n) is 17.0. The van der Waals surface area contributed by atoms with Crippen LogP contribution in [0.1, 0.15) is 37.7 Å². The van der Waals surface area contributed by atoms with Gasteiger partial charge in [0.25, 0.3) is 0 Å². The molecule has 0 spiro atoms. The molecule has 1 saturated carbocycles. The third kappa shape index (κ3) is 5.33. The van der Waals surface area contributed by atoms with E-state index in [4.69, 9.17) is 0 Å². The van der Waals surface area contributed by atoms with Gasteiger partial charge in [-0.3, -0.25) is 9.59 Å². The molecule has 0 atom stereocenters. The van der Waals surface area contributed by atoms with Gasteiger partial charge in [-0.05, 0) is 35.6 Å². The fourth-order valence-electron chi connectivity index (χ4n) is 4.34. The number of hydrogen-bond donors (Lipinski definition) is 0. The van der Waals surface area contributed by atoms with Crippen molar-refractivity contribution >= 4 is 34.3 Å². The molecule has 1 saturated heterocycles. The van der Waals surface area contributed by atoms with Crippen molar-refractivity contribution in [1.29, 1.82) is 0 Å². The minimum atomic E-state index is 0.200. The number of carbonyl (C=O) groups is 2. The number of thioether (sulfide) groups is 1. The largest absolute Gasteiger partial charge is 0.339 e. The molecule has 2 fully saturated rings. The third-order valence-corrected chi connectivity index (χ3v) is 7.53. The summed E-state index contributed by atoms with van der Waals surface area (Å²) in [6.45, 7) is 2.67. The Kier molecular flexibility index (Phi) is 6.75. The van der Waals surface area contributed by atoms with Gasteiger partial charge in [-0.15, -0.1) is 11.8 Å². The van der Waals surface area contributed by atoms with Crippen LogP contribution in [0.25, 0.3) is 10.8 Å². The predicted octanol–water partition coefficient (Wildman–Crippen LogP) is 4.12. The van der Waals surface area contributed by atoms with Crippen LogP contribution >= 0.6 is 11.8 Å². The van der Waals surface area contributed by atoms with Gasteiger partial charge in [0.1, 0.15) is 0 Å². The molecule has 2 aromatic carbocycles. The standard InChI is InChI=1S/C24H30N2O2S/c27-23(12-10-19-9-11-20-5-1-2-6-21(20)17-19)25-13-15-26(16-14-25)24(28)18-29-22-7-3-4-8-22/h1-2,5-6,9,11,17,22H,3-4,7-8,10,12-16,18H2. The molecule has 1 aliphatic heterocycles. The summed E-state index contributed by atoms with van der Waals surface area (Å²) >= 11 is 1.83. The van der Waals surface area contributed by atoms with Crippen LogP contribution in [-0.4, -0.2) is 58.8 Å². The predicted molar refractivity (Wildman–Crippen MR) is 120 cm³/mol. The fourth-order valence-corrected chi connectivity index (χ4v) is 5.57. The average Bonchev–Trinajstić information content (AvgIpc) is 3.29. The summed E-state index contributed by atoms with van der Waals surface area (Å²) in [5.74, 6) is 1.04. The van der Waals surface area contributed by atoms with Gasteiger partial charge in [0.15, 0.2) is 0 Å². The molecule has 2 amide bonds. The Morgan fingerprint density at radius 3 is 2.24 bits per heavy atom. The summed E-state index contributed by atoms with van der Waals surface area (Å²) in [6, 6.07) is 14.7. The molecule has 0 aromatic heterocycles. The number of piperazine rings is 1. The average molecular weight is 411 g/mol. The van der Waals surface area contributed by atoms with E-state index in [0.29, 0.717) is 43.6 Å². The Bertz CT molecular complexity index is 855. The molecule has 29 heavy (non-hydrogen) atoms. The van der Waals surface area contributed by atoms with E-state index >= 15 is 0 Å². The van der Waals surface area contributed by atoms with Crippen LogP contribution in [-0.2, 0) is 16.0 Å². The summed E-state index contributed by atoms with van der Waals surface area (Å²) in [7, 11) is 0. The van der Waals surface area contributed by atoms with Crippen LogP contribution in [0.15, 0.2) is 42.5 Å². The highest BCUT2D eigenvalue weighted by molar-refractivity contribution is 8.00. The quantitative estimate of drug-likeness (QED) is 0.719. The van der Waals surface area contributed by atoms with Crippen molar-refractivity contribution in [2.45, 2.75) is 43.8 Å². The number of nitrogens with zero attached hydrogens (tertiary/aromatic N) is 2. The summed E-state index contributed by atoms with van der Waals surface area (Å²) in [5, 5.41) is 3.13. The monoisotopic (exact) mass is 410 g/mol. The van der Waals surface area contributed by atoms with E-state index in [-0.39, 0.29) is 11.8 Å². The number of rotatable bonds is 6. The molecule has 0 unspecified atom stereocenters. The Labute approximate surface area is 177 Å². The molecule has 2 aromatic rings. The van der Waals surface area contributed by atoms with Crippen molar-refractivity contribution in [2.75, 3.05) is 31.9 Å². The third-order valence-electron chi connectivity index (χ3n) is 6.17. The van der Waals surface area contributed by atoms with Crippen molar-refractivity contribution in [3.05, 3.63) is 48.0 Å². The number of amides is 2. The Morgan fingerprint density at radius 1 is 0.862 bits per heavy atom. The maximum Gasteiger partial charge on any atom is 0.232 e. The van der Waals surface area contributed by atoms with Crippen molar-refractivity contribution in [2.24, 2.45) is 0 Å². The molecule has 0 N–H and O–H groups in total. The van der Waals surface area contributed by atoms with Crippen LogP contribution in [0.2, 0.25) is 0 Å². The highest BCUT2D eigenvalue weighted by Gasteiger charge is 2.25. The molecule has 4 rings (SSSR count). The van der Waals surface area contributed by atoms with Gasteiger partial charge in [-0.25, -0.2) is 0 Å². The lowest BCUT2D eigenvalue weighted by Crippen LogP contribution is -2.51. The first-order valence-electron chi connectivity index (χ1n) is 10.8. The topological polar surface area (TPSA) is 40.6 Å². The minimum Gasteiger partial charge on any atom is -0.339 e. The first kappa shape index (κ1) is 20.3. The molecular formula is C24H30N2O2S. The number of carbonyl (C=O) groups excluding carboxylic acids is 2. The number of hydrogen-bond acceptors (Lipinski definition) is 3. The fraction of sp³-hybridized carbons (Fsp3) is 0.500. The highest BCUT2D eigenvalue weighted by atomic mass is 32.2. The molecule has 154 valence electrons. The van der Waals surface area contributed by atoms with E-state index in [1.807, 2.05) is 33.7 Å². The highest BCUT2D eigenvalue weighted by Crippen LogP contribution is 2.29. The van der Waals surface area contributed by atoms with Gasteiger partial charge in [0.05, 0.1) is 5.75 Å². The molecule has 2 aliphatic rings. The smallest absolute Gasteiger partial charge is 0.232 e. The van der Waals surface area contributed by atoms with E-state index in [2.05, 4.69) is 30.3 Å². The Balaban J connectivity index is 1.20. The lowest BCUT2D eigenvalue weighted by Gasteiger charge is -2.35. The number of benzene rings is 2. The normalized spacial score (nSPS) is 17.8. The second kappa shape index (κ2) is 9.66. The number of aryl methyl sites for hydroxylation is 1. The summed E-state index contributed by atoms with van der Waals surface area (Å²) in [5.41, 5.74) is 1.20. The second-order valence-electron chi connectivity index (χ2n) is 8.16. The molecule has 0 radical (unpaired) electrons. The summed E-state index contributed by atoms with van der Waals surface area (Å²) in [4.78, 5) is 28.9. The van der Waals surface area contributed by atoms with Crippen molar-refractivity contribution in [3.63, 3.8) is 0 Å². The summed E-state index contributed by atoms with van der Waals surface area (Å²) < 4.78 is 0. The maximum absolute atomic E-state index is 12.6. The van der Waals surface area contributed by atoms with Crippen molar-refractivity contribution in [1.82, 2.24) is 9.80 Å². The van der Waals surface area contributed by atoms with E-state index in [1.165, 1.54) is 42.0 Å². The van der Waals surface area contributed by atoms with Gasteiger partial charge in [-0.2, -0.15) is 0 Å². The van der Waals surface area contributed by atoms with E-state index in [9.17, 15) is 9.59 Å². The van der Waals surface area contributed by atoms with E-state index < -0.39 is 0 Å². The molecular weight excluding hydrogens is 380 g/mol. The van der Waals surface area contributed by atoms with E-state index in [0.717, 1.165) is 6.42 Å². The van der Waals surface area contributed by atoms with E-state index in [1.54, 1.807) is 0 Å². The van der Waals surface area contributed by atoms with Gasteiger partial charge >= 0.3 is 0 Å². The first-order chi connectivity index (χ1) is 14.2. The van der Waals surface area contributed by atoms with Crippen molar-refractivity contribution < 1.29 is 9.59 Å². The minimum absolute atomic E-state index is 0.200. The van der Waals surface area contributed by atoms with Crippen molar-refractivity contribution in [3.8, 4) is 0 Å². The number of fused-ring (bicyclic) bond motifs is 1. The lowest BCUT2D eigenvalue weighted by molar-refractivity contribution is -0.138. The lowest BCUT2D eigenvalue weighted by atomic mass is 10.0. The molecule has 0 bridgehead atoms. The molecule has 4 nitrogen and oxygen atoms in total. The zero-order valence-corrected chi connectivity index (χ0v) is 17.8. The SMILES string of the molecule is O=C(CCc1ccc2ccccc2c1)N1CCN(C(=O)CSC2CCCC2)CC1. The molecule has 5 heteroatoms. The van der Waals surface area contributed by atoms with Crippen LogP contribution in [0, 0.1) is 0 Å². The van der Waals surface area contributed by atoms with Gasteiger partial charge in [0.2, 0.25) is 11.8 Å². The zero-order chi connectivity index (χ0) is 20.1. The Morgan fingerprint density at radius 2 is 1.52 bits per heavy atom. The summed E-state index contributed by atoms with van der Waals surface area (Å²) in [6.07, 6.45) is 6.44. The first-order valence-corrected chi connectivity index (χ1v) is 11.9. The van der Waals surface area contributed by atoms with Crippen LogP contribution in [0.3, 0.4) is 0 Å². The second-order valence-corrected chi connectivity index (χ2v) is 9.45. The van der Waals surface area contributed by atoms with Crippen LogP contribution < -0.4 is 0 Å². The molecule has 1 aliphatic carbocycles. The maximum atomic E-state index is 12.6. The van der Waals surface area contributed by atoms with Gasteiger partial charge in [-0.1, -0.05) is 55.3 Å². The van der Waals surface area contributed by atoms with Gasteiger partial charge < -0.3 is 9.80 Å². The van der Waals surface area contributed by atoms with Gasteiger partial charge in [0, 0.05) is 37.8 Å². The van der Waals surface area contributed by atoms with Crippen LogP contribution in [0.5, 0.6) is 0 Å². The van der Waals surface area contributed by atoms with Crippen LogP contribution in [0.4, 0.5) is 0 Å². The molecule has 1 heterocycles.